The molecule has 0 atom stereocenters. The quantitative estimate of drug-likeness (QED) is 0.489. The Morgan fingerprint density at radius 3 is 2.62 bits per heavy atom. The molecule has 1 aliphatic rings. The SMILES string of the molecule is COc1cnn2c(C(=O)N3CCNCC3)c(Cc3cccc(F)c3C)c(-c3ccccc3)c2c1. The van der Waals surface area contributed by atoms with E-state index in [0.717, 1.165) is 40.9 Å². The van der Waals surface area contributed by atoms with Gasteiger partial charge < -0.3 is 15.0 Å². The van der Waals surface area contributed by atoms with Gasteiger partial charge in [0, 0.05) is 44.2 Å². The van der Waals surface area contributed by atoms with Crippen LogP contribution in [0.5, 0.6) is 5.75 Å². The van der Waals surface area contributed by atoms with E-state index >= 15 is 0 Å². The van der Waals surface area contributed by atoms with Gasteiger partial charge in [0.1, 0.15) is 17.3 Å². The van der Waals surface area contributed by atoms with Crippen LogP contribution in [0.1, 0.15) is 27.2 Å². The van der Waals surface area contributed by atoms with E-state index in [2.05, 4.69) is 10.4 Å². The molecule has 0 saturated carbocycles. The molecule has 34 heavy (non-hydrogen) atoms. The van der Waals surface area contributed by atoms with E-state index < -0.39 is 0 Å². The number of aromatic nitrogens is 2. The molecule has 5 rings (SSSR count). The smallest absolute Gasteiger partial charge is 0.272 e. The second kappa shape index (κ2) is 9.27. The Balaban J connectivity index is 1.79. The van der Waals surface area contributed by atoms with Crippen molar-refractivity contribution >= 4 is 11.4 Å². The molecule has 0 unspecified atom stereocenters. The van der Waals surface area contributed by atoms with Gasteiger partial charge in [0.2, 0.25) is 0 Å². The number of ether oxygens (including phenoxy) is 1. The zero-order valence-electron chi connectivity index (χ0n) is 19.3. The van der Waals surface area contributed by atoms with Crippen LogP contribution in [-0.2, 0) is 6.42 Å². The fourth-order valence-electron chi connectivity index (χ4n) is 4.65. The minimum Gasteiger partial charge on any atom is -0.495 e. The minimum atomic E-state index is -0.252. The van der Waals surface area contributed by atoms with Crippen molar-refractivity contribution in [3.05, 3.63) is 89.0 Å². The van der Waals surface area contributed by atoms with Crippen molar-refractivity contribution in [2.24, 2.45) is 0 Å². The summed E-state index contributed by atoms with van der Waals surface area (Å²) >= 11 is 0. The van der Waals surface area contributed by atoms with Crippen molar-refractivity contribution in [1.82, 2.24) is 19.8 Å². The first-order chi connectivity index (χ1) is 16.6. The molecule has 4 aromatic rings. The average molecular weight is 459 g/mol. The van der Waals surface area contributed by atoms with Crippen LogP contribution in [0.25, 0.3) is 16.6 Å². The number of nitrogens with one attached hydrogen (secondary N) is 1. The van der Waals surface area contributed by atoms with Gasteiger partial charge in [0.25, 0.3) is 5.91 Å². The summed E-state index contributed by atoms with van der Waals surface area (Å²) in [6, 6.07) is 17.0. The standard InChI is InChI=1S/C27H27FN4O2/c1-18-20(9-6-10-23(18)28)15-22-25(19-7-4-3-5-8-19)24-16-21(34-2)17-30-32(24)26(22)27(33)31-13-11-29-12-14-31/h3-10,16-17,29H,11-15H2,1-2H3. The first-order valence-corrected chi connectivity index (χ1v) is 11.5. The highest BCUT2D eigenvalue weighted by atomic mass is 19.1. The van der Waals surface area contributed by atoms with Crippen LogP contribution >= 0.6 is 0 Å². The van der Waals surface area contributed by atoms with Gasteiger partial charge in [0.05, 0.1) is 18.8 Å². The molecule has 1 N–H and O–H groups in total. The third-order valence-corrected chi connectivity index (χ3v) is 6.52. The second-order valence-electron chi connectivity index (χ2n) is 8.50. The zero-order valence-corrected chi connectivity index (χ0v) is 19.3. The van der Waals surface area contributed by atoms with Gasteiger partial charge in [-0.1, -0.05) is 42.5 Å². The highest BCUT2D eigenvalue weighted by molar-refractivity contribution is 6.01. The summed E-state index contributed by atoms with van der Waals surface area (Å²) in [4.78, 5) is 15.8. The molecule has 1 amide bonds. The molecule has 174 valence electrons. The third kappa shape index (κ3) is 3.92. The van der Waals surface area contributed by atoms with Gasteiger partial charge in [-0.15, -0.1) is 0 Å². The van der Waals surface area contributed by atoms with Gasteiger partial charge in [-0.25, -0.2) is 8.91 Å². The highest BCUT2D eigenvalue weighted by Gasteiger charge is 2.29. The normalized spacial score (nSPS) is 13.9. The van der Waals surface area contributed by atoms with E-state index in [1.807, 2.05) is 47.4 Å². The van der Waals surface area contributed by atoms with Gasteiger partial charge in [-0.05, 0) is 35.2 Å². The lowest BCUT2D eigenvalue weighted by Crippen LogP contribution is -2.47. The number of methoxy groups -OCH3 is 1. The number of rotatable bonds is 5. The first kappa shape index (κ1) is 22.1. The monoisotopic (exact) mass is 458 g/mol. The van der Waals surface area contributed by atoms with Gasteiger partial charge in [0.15, 0.2) is 0 Å². The van der Waals surface area contributed by atoms with Crippen LogP contribution < -0.4 is 10.1 Å². The summed E-state index contributed by atoms with van der Waals surface area (Å²) < 4.78 is 21.6. The first-order valence-electron chi connectivity index (χ1n) is 11.5. The molecule has 6 nitrogen and oxygen atoms in total. The third-order valence-electron chi connectivity index (χ3n) is 6.52. The van der Waals surface area contributed by atoms with Crippen molar-refractivity contribution in [1.29, 1.82) is 0 Å². The summed E-state index contributed by atoms with van der Waals surface area (Å²) in [6.07, 6.45) is 2.03. The van der Waals surface area contributed by atoms with E-state index in [1.54, 1.807) is 30.8 Å². The molecule has 1 saturated heterocycles. The molecule has 1 fully saturated rings. The molecule has 0 spiro atoms. The lowest BCUT2D eigenvalue weighted by molar-refractivity contribution is 0.0726. The molecule has 0 aliphatic carbocycles. The molecule has 0 bridgehead atoms. The largest absolute Gasteiger partial charge is 0.495 e. The van der Waals surface area contributed by atoms with Crippen molar-refractivity contribution in [2.75, 3.05) is 33.3 Å². The van der Waals surface area contributed by atoms with Crippen LogP contribution in [-0.4, -0.2) is 53.7 Å². The Labute approximate surface area is 198 Å². The Morgan fingerprint density at radius 2 is 1.88 bits per heavy atom. The number of hydrogen-bond acceptors (Lipinski definition) is 4. The molecule has 0 radical (unpaired) electrons. The minimum absolute atomic E-state index is 0.0691. The van der Waals surface area contributed by atoms with Crippen LogP contribution in [0, 0.1) is 12.7 Å². The number of benzene rings is 2. The molecule has 3 heterocycles. The van der Waals surface area contributed by atoms with Gasteiger partial charge in [-0.2, -0.15) is 5.10 Å². The predicted octanol–water partition coefficient (Wildman–Crippen LogP) is 4.09. The van der Waals surface area contributed by atoms with Crippen LogP contribution in [0.2, 0.25) is 0 Å². The molecular weight excluding hydrogens is 431 g/mol. The Bertz CT molecular complexity index is 1340. The van der Waals surface area contributed by atoms with E-state index in [1.165, 1.54) is 6.07 Å². The Morgan fingerprint density at radius 1 is 1.12 bits per heavy atom. The summed E-state index contributed by atoms with van der Waals surface area (Å²) in [7, 11) is 1.60. The summed E-state index contributed by atoms with van der Waals surface area (Å²) in [5.41, 5.74) is 5.45. The maximum atomic E-state index is 14.4. The number of carbonyl (C=O) groups is 1. The van der Waals surface area contributed by atoms with Crippen molar-refractivity contribution in [3.8, 4) is 16.9 Å². The molecular formula is C27H27FN4O2. The fraction of sp³-hybridized carbons (Fsp3) is 0.259. The Kier molecular flexibility index (Phi) is 6.02. The summed E-state index contributed by atoms with van der Waals surface area (Å²) in [5, 5.41) is 7.91. The molecule has 7 heteroatoms. The summed E-state index contributed by atoms with van der Waals surface area (Å²) in [5.74, 6) is 0.287. The topological polar surface area (TPSA) is 58.9 Å². The molecule has 1 aliphatic heterocycles. The van der Waals surface area contributed by atoms with E-state index in [0.29, 0.717) is 36.5 Å². The van der Waals surface area contributed by atoms with E-state index in [-0.39, 0.29) is 11.7 Å². The summed E-state index contributed by atoms with van der Waals surface area (Å²) in [6.45, 7) is 4.53. The van der Waals surface area contributed by atoms with Crippen LogP contribution in [0.4, 0.5) is 4.39 Å². The molecule has 2 aromatic carbocycles. The number of piperazine rings is 1. The number of amides is 1. The highest BCUT2D eigenvalue weighted by Crippen LogP contribution is 2.37. The van der Waals surface area contributed by atoms with Crippen molar-refractivity contribution < 1.29 is 13.9 Å². The van der Waals surface area contributed by atoms with Gasteiger partial charge in [-0.3, -0.25) is 4.79 Å². The Hall–Kier alpha value is -3.71. The number of fused-ring (bicyclic) bond motifs is 1. The van der Waals surface area contributed by atoms with Crippen LogP contribution in [0.3, 0.4) is 0 Å². The molecule has 2 aromatic heterocycles. The lowest BCUT2D eigenvalue weighted by atomic mass is 9.93. The zero-order chi connectivity index (χ0) is 23.7. The number of hydrogen-bond donors (Lipinski definition) is 1. The second-order valence-corrected chi connectivity index (χ2v) is 8.50. The lowest BCUT2D eigenvalue weighted by Gasteiger charge is -2.27. The van der Waals surface area contributed by atoms with Crippen molar-refractivity contribution in [3.63, 3.8) is 0 Å². The number of nitrogens with zero attached hydrogens (tertiary/aromatic N) is 3. The van der Waals surface area contributed by atoms with E-state index in [4.69, 9.17) is 4.74 Å². The van der Waals surface area contributed by atoms with Crippen LogP contribution in [0.15, 0.2) is 60.8 Å². The van der Waals surface area contributed by atoms with E-state index in [9.17, 15) is 9.18 Å². The predicted molar refractivity (Wildman–Crippen MR) is 130 cm³/mol. The fourth-order valence-corrected chi connectivity index (χ4v) is 4.65. The number of carbonyl (C=O) groups excluding carboxylic acids is 1. The maximum Gasteiger partial charge on any atom is 0.272 e. The van der Waals surface area contributed by atoms with Crippen molar-refractivity contribution in [2.45, 2.75) is 13.3 Å². The van der Waals surface area contributed by atoms with Gasteiger partial charge >= 0.3 is 0 Å². The average Bonchev–Trinajstić information content (AvgIpc) is 3.20. The maximum absolute atomic E-state index is 14.4. The number of halogens is 1.